The molecule has 0 spiro atoms. The van der Waals surface area contributed by atoms with Gasteiger partial charge in [0.15, 0.2) is 0 Å². The standard InChI is InChI=1S/C10H11NO5/c1-2-9(14)16-10(15)5-6-11-7(12)3-4-8(11)13/h3-4H,2,5-6H2,1H3. The Bertz CT molecular complexity index is 353. The molecule has 86 valence electrons. The lowest BCUT2D eigenvalue weighted by atomic mass is 10.4. The van der Waals surface area contributed by atoms with Crippen molar-refractivity contribution in [2.24, 2.45) is 0 Å². The van der Waals surface area contributed by atoms with E-state index in [1.807, 2.05) is 0 Å². The highest BCUT2D eigenvalue weighted by Gasteiger charge is 2.24. The predicted molar refractivity (Wildman–Crippen MR) is 51.9 cm³/mol. The van der Waals surface area contributed by atoms with Crippen LogP contribution >= 0.6 is 0 Å². The van der Waals surface area contributed by atoms with Crippen molar-refractivity contribution < 1.29 is 23.9 Å². The van der Waals surface area contributed by atoms with Gasteiger partial charge in [-0.15, -0.1) is 0 Å². The van der Waals surface area contributed by atoms with Crippen molar-refractivity contribution >= 4 is 23.8 Å². The smallest absolute Gasteiger partial charge is 0.315 e. The molecule has 0 saturated heterocycles. The second kappa shape index (κ2) is 5.20. The Morgan fingerprint density at radius 1 is 1.19 bits per heavy atom. The lowest BCUT2D eigenvalue weighted by Gasteiger charge is -2.12. The second-order valence-corrected chi connectivity index (χ2v) is 3.11. The van der Waals surface area contributed by atoms with E-state index in [1.165, 1.54) is 0 Å². The van der Waals surface area contributed by atoms with E-state index in [9.17, 15) is 19.2 Å². The SMILES string of the molecule is CCC(=O)OC(=O)CCN1C(=O)C=CC1=O. The maximum atomic E-state index is 11.1. The molecule has 0 aromatic rings. The number of hydrogen-bond donors (Lipinski definition) is 0. The number of nitrogens with zero attached hydrogens (tertiary/aromatic N) is 1. The Kier molecular flexibility index (Phi) is 3.93. The zero-order chi connectivity index (χ0) is 12.1. The third-order valence-electron chi connectivity index (χ3n) is 1.96. The molecule has 0 N–H and O–H groups in total. The molecule has 0 aromatic carbocycles. The van der Waals surface area contributed by atoms with E-state index in [0.29, 0.717) is 0 Å². The fourth-order valence-corrected chi connectivity index (χ4v) is 1.10. The monoisotopic (exact) mass is 225 g/mol. The van der Waals surface area contributed by atoms with Gasteiger partial charge in [0.25, 0.3) is 11.8 Å². The highest BCUT2D eigenvalue weighted by Crippen LogP contribution is 2.04. The van der Waals surface area contributed by atoms with E-state index in [-0.39, 0.29) is 19.4 Å². The average molecular weight is 225 g/mol. The van der Waals surface area contributed by atoms with E-state index in [2.05, 4.69) is 4.74 Å². The van der Waals surface area contributed by atoms with Gasteiger partial charge in [0.1, 0.15) is 0 Å². The quantitative estimate of drug-likeness (QED) is 0.375. The topological polar surface area (TPSA) is 80.8 Å². The Morgan fingerprint density at radius 3 is 2.25 bits per heavy atom. The Labute approximate surface area is 91.8 Å². The molecule has 6 nitrogen and oxygen atoms in total. The summed E-state index contributed by atoms with van der Waals surface area (Å²) in [5.41, 5.74) is 0. The molecule has 0 aliphatic carbocycles. The zero-order valence-corrected chi connectivity index (χ0v) is 8.76. The van der Waals surface area contributed by atoms with Gasteiger partial charge in [0, 0.05) is 25.1 Å². The Hall–Kier alpha value is -1.98. The second-order valence-electron chi connectivity index (χ2n) is 3.11. The Balaban J connectivity index is 2.35. The van der Waals surface area contributed by atoms with Crippen LogP contribution in [0, 0.1) is 0 Å². The van der Waals surface area contributed by atoms with E-state index in [1.54, 1.807) is 6.92 Å². The van der Waals surface area contributed by atoms with Crippen LogP contribution in [0.3, 0.4) is 0 Å². The maximum absolute atomic E-state index is 11.1. The van der Waals surface area contributed by atoms with Crippen LogP contribution in [0.2, 0.25) is 0 Å². The van der Waals surface area contributed by atoms with E-state index < -0.39 is 23.8 Å². The van der Waals surface area contributed by atoms with Crippen LogP contribution in [0.15, 0.2) is 12.2 Å². The summed E-state index contributed by atoms with van der Waals surface area (Å²) in [4.78, 5) is 44.9. The number of esters is 2. The van der Waals surface area contributed by atoms with E-state index >= 15 is 0 Å². The summed E-state index contributed by atoms with van der Waals surface area (Å²) in [6.45, 7) is 1.49. The summed E-state index contributed by atoms with van der Waals surface area (Å²) < 4.78 is 4.38. The van der Waals surface area contributed by atoms with Crippen molar-refractivity contribution in [2.75, 3.05) is 6.54 Å². The van der Waals surface area contributed by atoms with Crippen molar-refractivity contribution in [1.82, 2.24) is 4.90 Å². The summed E-state index contributed by atoms with van der Waals surface area (Å²) >= 11 is 0. The molecule has 1 aliphatic heterocycles. The number of rotatable bonds is 4. The lowest BCUT2D eigenvalue weighted by molar-refractivity contribution is -0.159. The Morgan fingerprint density at radius 2 is 1.75 bits per heavy atom. The summed E-state index contributed by atoms with van der Waals surface area (Å²) in [7, 11) is 0. The summed E-state index contributed by atoms with van der Waals surface area (Å²) in [5, 5.41) is 0. The molecule has 16 heavy (non-hydrogen) atoms. The van der Waals surface area contributed by atoms with Crippen LogP contribution in [0.5, 0.6) is 0 Å². The van der Waals surface area contributed by atoms with Crippen LogP contribution in [-0.4, -0.2) is 35.2 Å². The van der Waals surface area contributed by atoms with Crippen LogP contribution in [-0.2, 0) is 23.9 Å². The molecule has 6 heteroatoms. The van der Waals surface area contributed by atoms with Gasteiger partial charge < -0.3 is 4.74 Å². The van der Waals surface area contributed by atoms with Gasteiger partial charge in [0.2, 0.25) is 0 Å². The molecular weight excluding hydrogens is 214 g/mol. The molecule has 0 radical (unpaired) electrons. The number of carbonyl (C=O) groups is 4. The number of imide groups is 1. The molecule has 1 rings (SSSR count). The zero-order valence-electron chi connectivity index (χ0n) is 8.76. The first-order valence-electron chi connectivity index (χ1n) is 4.81. The first kappa shape index (κ1) is 12.1. The first-order chi connectivity index (χ1) is 7.54. The van der Waals surface area contributed by atoms with E-state index in [0.717, 1.165) is 17.1 Å². The average Bonchev–Trinajstić information content (AvgIpc) is 2.56. The van der Waals surface area contributed by atoms with Crippen molar-refractivity contribution in [2.45, 2.75) is 19.8 Å². The maximum Gasteiger partial charge on any atom is 0.315 e. The fraction of sp³-hybridized carbons (Fsp3) is 0.400. The minimum Gasteiger partial charge on any atom is -0.393 e. The molecular formula is C10H11NO5. The highest BCUT2D eigenvalue weighted by atomic mass is 16.6. The molecule has 0 aromatic heterocycles. The molecule has 0 saturated carbocycles. The van der Waals surface area contributed by atoms with Gasteiger partial charge in [0.05, 0.1) is 6.42 Å². The fourth-order valence-electron chi connectivity index (χ4n) is 1.10. The van der Waals surface area contributed by atoms with Crippen LogP contribution < -0.4 is 0 Å². The third-order valence-corrected chi connectivity index (χ3v) is 1.96. The van der Waals surface area contributed by atoms with Crippen molar-refractivity contribution in [1.29, 1.82) is 0 Å². The summed E-state index contributed by atoms with van der Waals surface area (Å²) in [5.74, 6) is -2.28. The van der Waals surface area contributed by atoms with Gasteiger partial charge in [-0.05, 0) is 0 Å². The normalized spacial score (nSPS) is 14.4. The number of hydrogen-bond acceptors (Lipinski definition) is 5. The molecule has 1 aliphatic rings. The van der Waals surface area contributed by atoms with Gasteiger partial charge in [-0.25, -0.2) is 0 Å². The molecule has 2 amide bonds. The highest BCUT2D eigenvalue weighted by molar-refractivity contribution is 6.13. The van der Waals surface area contributed by atoms with Gasteiger partial charge in [-0.2, -0.15) is 0 Å². The van der Waals surface area contributed by atoms with Crippen molar-refractivity contribution in [3.05, 3.63) is 12.2 Å². The van der Waals surface area contributed by atoms with Crippen molar-refractivity contribution in [3.8, 4) is 0 Å². The number of carbonyl (C=O) groups excluding carboxylic acids is 4. The van der Waals surface area contributed by atoms with Crippen LogP contribution in [0.25, 0.3) is 0 Å². The predicted octanol–water partition coefficient (Wildman–Crippen LogP) is -0.219. The number of amides is 2. The molecule has 0 atom stereocenters. The van der Waals surface area contributed by atoms with Crippen molar-refractivity contribution in [3.63, 3.8) is 0 Å². The third kappa shape index (κ3) is 3.01. The summed E-state index contributed by atoms with van der Waals surface area (Å²) in [6, 6.07) is 0. The molecule has 0 fully saturated rings. The number of ether oxygens (including phenoxy) is 1. The lowest BCUT2D eigenvalue weighted by Crippen LogP contribution is -2.32. The summed E-state index contributed by atoms with van der Waals surface area (Å²) in [6.07, 6.45) is 2.19. The van der Waals surface area contributed by atoms with E-state index in [4.69, 9.17) is 0 Å². The van der Waals surface area contributed by atoms with Gasteiger partial charge in [-0.3, -0.25) is 24.1 Å². The minimum absolute atomic E-state index is 0.0690. The molecule has 0 unspecified atom stereocenters. The molecule has 1 heterocycles. The van der Waals surface area contributed by atoms with Crippen LogP contribution in [0.1, 0.15) is 19.8 Å². The largest absolute Gasteiger partial charge is 0.393 e. The van der Waals surface area contributed by atoms with Gasteiger partial charge >= 0.3 is 11.9 Å². The van der Waals surface area contributed by atoms with Gasteiger partial charge in [-0.1, -0.05) is 6.92 Å². The van der Waals surface area contributed by atoms with Crippen LogP contribution in [0.4, 0.5) is 0 Å². The minimum atomic E-state index is -0.737. The first-order valence-corrected chi connectivity index (χ1v) is 4.81. The molecule has 0 bridgehead atoms.